The number of amides is 2. The molecule has 0 aromatic carbocycles. The Morgan fingerprint density at radius 2 is 1.87 bits per heavy atom. The fourth-order valence-electron chi connectivity index (χ4n) is 3.54. The Morgan fingerprint density at radius 3 is 2.48 bits per heavy atom. The maximum Gasteiger partial charge on any atom is 0.246 e. The summed E-state index contributed by atoms with van der Waals surface area (Å²) in [5, 5.41) is 11.2. The maximum atomic E-state index is 12.4. The van der Waals surface area contributed by atoms with Crippen molar-refractivity contribution in [1.82, 2.24) is 10.2 Å². The highest BCUT2D eigenvalue weighted by atomic mass is 16.2. The highest BCUT2D eigenvalue weighted by molar-refractivity contribution is 5.88. The minimum atomic E-state index is -0.207. The van der Waals surface area contributed by atoms with Gasteiger partial charge in [0.15, 0.2) is 0 Å². The van der Waals surface area contributed by atoms with E-state index in [0.29, 0.717) is 18.4 Å². The number of carbonyl (C=O) groups excluding carboxylic acids is 2. The third kappa shape index (κ3) is 5.38. The van der Waals surface area contributed by atoms with Gasteiger partial charge in [-0.15, -0.1) is 0 Å². The van der Waals surface area contributed by atoms with Crippen LogP contribution in [0.4, 0.5) is 0 Å². The number of likely N-dealkylation sites (tertiary alicyclic amines) is 1. The second kappa shape index (κ2) is 8.71. The van der Waals surface area contributed by atoms with Crippen LogP contribution in [0.2, 0.25) is 0 Å². The Kier molecular flexibility index (Phi) is 6.64. The number of rotatable bonds is 5. The highest BCUT2D eigenvalue weighted by Gasteiger charge is 2.23. The molecule has 2 rings (SSSR count). The summed E-state index contributed by atoms with van der Waals surface area (Å²) < 4.78 is 0. The van der Waals surface area contributed by atoms with Crippen LogP contribution in [0.3, 0.4) is 0 Å². The lowest BCUT2D eigenvalue weighted by atomic mass is 9.95. The lowest BCUT2D eigenvalue weighted by molar-refractivity contribution is -0.127. The van der Waals surface area contributed by atoms with Gasteiger partial charge in [0.05, 0.1) is 6.07 Å². The molecule has 126 valence electrons. The standard InChI is InChI=1S/C18H27N3O2/c1-14(16-4-2-3-5-16)12-18(23)21-10-7-15(8-11-21)13-20-17(22)6-9-19/h12,15-16H,2-8,10-11,13H2,1H3,(H,20,22)/b14-12+. The monoisotopic (exact) mass is 317 g/mol. The first-order valence-corrected chi connectivity index (χ1v) is 8.71. The van der Waals surface area contributed by atoms with Crippen molar-refractivity contribution in [2.45, 2.75) is 51.9 Å². The Morgan fingerprint density at radius 1 is 1.22 bits per heavy atom. The molecule has 0 aromatic rings. The predicted molar refractivity (Wildman–Crippen MR) is 88.3 cm³/mol. The van der Waals surface area contributed by atoms with Crippen molar-refractivity contribution >= 4 is 11.8 Å². The SMILES string of the molecule is C/C(=C\C(=O)N1CCC(CNC(=O)CC#N)CC1)C1CCCC1. The van der Waals surface area contributed by atoms with Crippen LogP contribution < -0.4 is 5.32 Å². The molecule has 1 heterocycles. The molecule has 1 aliphatic heterocycles. The first-order valence-electron chi connectivity index (χ1n) is 8.71. The molecule has 0 bridgehead atoms. The van der Waals surface area contributed by atoms with Gasteiger partial charge in [-0.25, -0.2) is 0 Å². The van der Waals surface area contributed by atoms with Crippen LogP contribution in [0.15, 0.2) is 11.6 Å². The molecule has 0 spiro atoms. The van der Waals surface area contributed by atoms with E-state index in [0.717, 1.165) is 25.9 Å². The molecule has 2 fully saturated rings. The van der Waals surface area contributed by atoms with Crippen LogP contribution in [0.1, 0.15) is 51.9 Å². The van der Waals surface area contributed by atoms with Gasteiger partial charge in [-0.1, -0.05) is 18.4 Å². The minimum Gasteiger partial charge on any atom is -0.355 e. The van der Waals surface area contributed by atoms with Crippen molar-refractivity contribution in [3.05, 3.63) is 11.6 Å². The van der Waals surface area contributed by atoms with Crippen LogP contribution in [-0.4, -0.2) is 36.3 Å². The van der Waals surface area contributed by atoms with Crippen molar-refractivity contribution in [3.63, 3.8) is 0 Å². The van der Waals surface area contributed by atoms with Gasteiger partial charge in [-0.2, -0.15) is 5.26 Å². The number of hydrogen-bond acceptors (Lipinski definition) is 3. The molecule has 0 radical (unpaired) electrons. The number of nitriles is 1. The molecule has 5 heteroatoms. The molecule has 0 unspecified atom stereocenters. The van der Waals surface area contributed by atoms with E-state index in [1.165, 1.54) is 31.3 Å². The van der Waals surface area contributed by atoms with Gasteiger partial charge < -0.3 is 10.2 Å². The summed E-state index contributed by atoms with van der Waals surface area (Å²) in [4.78, 5) is 25.6. The van der Waals surface area contributed by atoms with E-state index in [2.05, 4.69) is 12.2 Å². The molecule has 1 N–H and O–H groups in total. The Hall–Kier alpha value is -1.83. The second-order valence-corrected chi connectivity index (χ2v) is 6.78. The van der Waals surface area contributed by atoms with Crippen LogP contribution in [0.25, 0.3) is 0 Å². The average Bonchev–Trinajstić information content (AvgIpc) is 3.08. The molecule has 0 aromatic heterocycles. The van der Waals surface area contributed by atoms with Crippen LogP contribution >= 0.6 is 0 Å². The minimum absolute atomic E-state index is 0.0808. The van der Waals surface area contributed by atoms with E-state index in [9.17, 15) is 9.59 Å². The summed E-state index contributed by atoms with van der Waals surface area (Å²) >= 11 is 0. The number of nitrogens with one attached hydrogen (secondary N) is 1. The second-order valence-electron chi connectivity index (χ2n) is 6.78. The Balaban J connectivity index is 1.73. The first kappa shape index (κ1) is 17.5. The van der Waals surface area contributed by atoms with Crippen LogP contribution in [0.5, 0.6) is 0 Å². The van der Waals surface area contributed by atoms with E-state index in [1.807, 2.05) is 17.0 Å². The van der Waals surface area contributed by atoms with Crippen molar-refractivity contribution in [2.24, 2.45) is 11.8 Å². The molecule has 1 saturated carbocycles. The van der Waals surface area contributed by atoms with E-state index < -0.39 is 0 Å². The summed E-state index contributed by atoms with van der Waals surface area (Å²) in [6, 6.07) is 1.85. The Labute approximate surface area is 138 Å². The number of allylic oxidation sites excluding steroid dienone is 1. The first-order chi connectivity index (χ1) is 11.1. The number of hydrogen-bond donors (Lipinski definition) is 1. The topological polar surface area (TPSA) is 73.2 Å². The Bertz CT molecular complexity index is 493. The number of carbonyl (C=O) groups is 2. The quantitative estimate of drug-likeness (QED) is 0.791. The molecule has 2 aliphatic rings. The summed E-state index contributed by atoms with van der Waals surface area (Å²) in [5.41, 5.74) is 1.23. The summed E-state index contributed by atoms with van der Waals surface area (Å²) in [5.74, 6) is 0.941. The molecule has 2 amide bonds. The van der Waals surface area contributed by atoms with E-state index in [1.54, 1.807) is 0 Å². The maximum absolute atomic E-state index is 12.4. The van der Waals surface area contributed by atoms with Crippen molar-refractivity contribution < 1.29 is 9.59 Å². The lowest BCUT2D eigenvalue weighted by Gasteiger charge is -2.31. The van der Waals surface area contributed by atoms with Gasteiger partial charge in [0.2, 0.25) is 11.8 Å². The zero-order valence-electron chi connectivity index (χ0n) is 14.0. The van der Waals surface area contributed by atoms with Crippen molar-refractivity contribution in [3.8, 4) is 6.07 Å². The lowest BCUT2D eigenvalue weighted by Crippen LogP contribution is -2.41. The van der Waals surface area contributed by atoms with Gasteiger partial charge in [-0.05, 0) is 44.4 Å². The van der Waals surface area contributed by atoms with Gasteiger partial charge >= 0.3 is 0 Å². The number of nitrogens with zero attached hydrogens (tertiary/aromatic N) is 2. The summed E-state index contributed by atoms with van der Waals surface area (Å²) in [6.45, 7) is 4.21. The van der Waals surface area contributed by atoms with E-state index in [4.69, 9.17) is 5.26 Å². The van der Waals surface area contributed by atoms with Gasteiger partial charge in [0, 0.05) is 25.7 Å². The van der Waals surface area contributed by atoms with E-state index >= 15 is 0 Å². The zero-order valence-corrected chi connectivity index (χ0v) is 14.0. The van der Waals surface area contributed by atoms with Crippen LogP contribution in [0, 0.1) is 23.2 Å². The number of piperidine rings is 1. The fraction of sp³-hybridized carbons (Fsp3) is 0.722. The van der Waals surface area contributed by atoms with E-state index in [-0.39, 0.29) is 18.2 Å². The third-order valence-corrected chi connectivity index (χ3v) is 5.10. The van der Waals surface area contributed by atoms with Gasteiger partial charge in [0.1, 0.15) is 6.42 Å². The molecular weight excluding hydrogens is 290 g/mol. The van der Waals surface area contributed by atoms with Crippen molar-refractivity contribution in [2.75, 3.05) is 19.6 Å². The third-order valence-electron chi connectivity index (χ3n) is 5.10. The molecule has 0 atom stereocenters. The average molecular weight is 317 g/mol. The van der Waals surface area contributed by atoms with Crippen molar-refractivity contribution in [1.29, 1.82) is 5.26 Å². The normalized spacial score (nSPS) is 20.3. The summed E-state index contributed by atoms with van der Waals surface area (Å²) in [6.07, 6.45) is 8.59. The zero-order chi connectivity index (χ0) is 16.7. The summed E-state index contributed by atoms with van der Waals surface area (Å²) in [7, 11) is 0. The smallest absolute Gasteiger partial charge is 0.246 e. The largest absolute Gasteiger partial charge is 0.355 e. The van der Waals surface area contributed by atoms with Gasteiger partial charge in [0.25, 0.3) is 0 Å². The highest BCUT2D eigenvalue weighted by Crippen LogP contribution is 2.30. The van der Waals surface area contributed by atoms with Crippen LogP contribution in [-0.2, 0) is 9.59 Å². The molecule has 5 nitrogen and oxygen atoms in total. The molecule has 23 heavy (non-hydrogen) atoms. The molecule has 1 saturated heterocycles. The van der Waals surface area contributed by atoms with Gasteiger partial charge in [-0.3, -0.25) is 9.59 Å². The predicted octanol–water partition coefficient (Wildman–Crippen LogP) is 2.39. The molecular formula is C18H27N3O2. The molecule has 1 aliphatic carbocycles. The fourth-order valence-corrected chi connectivity index (χ4v) is 3.54.